The Bertz CT molecular complexity index is 714. The summed E-state index contributed by atoms with van der Waals surface area (Å²) in [5, 5.41) is 5.01. The summed E-state index contributed by atoms with van der Waals surface area (Å²) in [5.41, 5.74) is 6.50. The number of carbonyl (C=O) groups is 3. The van der Waals surface area contributed by atoms with Crippen LogP contribution in [0.1, 0.15) is 15.9 Å². The molecule has 7 nitrogen and oxygen atoms in total. The molecule has 124 valence electrons. The second-order valence-electron chi connectivity index (χ2n) is 5.04. The highest BCUT2D eigenvalue weighted by Gasteiger charge is 2.08. The van der Waals surface area contributed by atoms with Gasteiger partial charge in [0.2, 0.25) is 0 Å². The van der Waals surface area contributed by atoms with E-state index < -0.39 is 11.9 Å². The SMILES string of the molecule is Cc1ccc(C(=O)NCC(=O)NNC(=O)Nc2ccccc2)cc1. The van der Waals surface area contributed by atoms with Gasteiger partial charge in [-0.05, 0) is 31.2 Å². The Labute approximate surface area is 139 Å². The molecule has 0 aliphatic rings. The maximum absolute atomic E-state index is 11.8. The first-order valence-corrected chi connectivity index (χ1v) is 7.30. The summed E-state index contributed by atoms with van der Waals surface area (Å²) in [6, 6.07) is 15.2. The van der Waals surface area contributed by atoms with Gasteiger partial charge in [0.15, 0.2) is 0 Å². The predicted octanol–water partition coefficient (Wildman–Crippen LogP) is 1.58. The van der Waals surface area contributed by atoms with Crippen LogP contribution in [0.15, 0.2) is 54.6 Å². The maximum atomic E-state index is 11.8. The fourth-order valence-electron chi connectivity index (χ4n) is 1.82. The second kappa shape index (κ2) is 8.33. The van der Waals surface area contributed by atoms with Gasteiger partial charge >= 0.3 is 6.03 Å². The first-order valence-electron chi connectivity index (χ1n) is 7.30. The quantitative estimate of drug-likeness (QED) is 0.642. The highest BCUT2D eigenvalue weighted by Crippen LogP contribution is 2.04. The van der Waals surface area contributed by atoms with Gasteiger partial charge in [0.05, 0.1) is 6.54 Å². The normalized spacial score (nSPS) is 9.71. The van der Waals surface area contributed by atoms with Crippen LogP contribution in [-0.4, -0.2) is 24.4 Å². The number of nitrogens with one attached hydrogen (secondary N) is 4. The first-order chi connectivity index (χ1) is 11.5. The molecule has 4 amide bonds. The largest absolute Gasteiger partial charge is 0.343 e. The number of carbonyl (C=O) groups excluding carboxylic acids is 3. The molecule has 0 heterocycles. The lowest BCUT2D eigenvalue weighted by Crippen LogP contribution is -2.47. The van der Waals surface area contributed by atoms with E-state index >= 15 is 0 Å². The van der Waals surface area contributed by atoms with E-state index in [1.807, 2.05) is 25.1 Å². The van der Waals surface area contributed by atoms with E-state index in [-0.39, 0.29) is 12.5 Å². The number of hydrogen-bond acceptors (Lipinski definition) is 3. The molecule has 0 aromatic heterocycles. The molecule has 0 atom stereocenters. The molecule has 2 rings (SSSR count). The van der Waals surface area contributed by atoms with Crippen LogP contribution in [0.3, 0.4) is 0 Å². The first kappa shape index (κ1) is 17.0. The molecule has 0 aliphatic carbocycles. The van der Waals surface area contributed by atoms with Crippen molar-refractivity contribution in [3.05, 3.63) is 65.7 Å². The topological polar surface area (TPSA) is 99.3 Å². The molecule has 2 aromatic carbocycles. The van der Waals surface area contributed by atoms with Crippen molar-refractivity contribution < 1.29 is 14.4 Å². The third-order valence-corrected chi connectivity index (χ3v) is 3.07. The van der Waals surface area contributed by atoms with Crippen LogP contribution in [-0.2, 0) is 4.79 Å². The minimum atomic E-state index is -0.584. The second-order valence-corrected chi connectivity index (χ2v) is 5.04. The molecule has 2 aromatic rings. The van der Waals surface area contributed by atoms with E-state index in [1.54, 1.807) is 36.4 Å². The average molecular weight is 326 g/mol. The number of para-hydroxylation sites is 1. The van der Waals surface area contributed by atoms with Crippen molar-refractivity contribution in [1.29, 1.82) is 0 Å². The number of benzene rings is 2. The van der Waals surface area contributed by atoms with Crippen LogP contribution in [0.2, 0.25) is 0 Å². The molecule has 0 radical (unpaired) electrons. The predicted molar refractivity (Wildman–Crippen MR) is 90.3 cm³/mol. The monoisotopic (exact) mass is 326 g/mol. The Kier molecular flexibility index (Phi) is 5.90. The van der Waals surface area contributed by atoms with E-state index in [2.05, 4.69) is 21.5 Å². The van der Waals surface area contributed by atoms with Gasteiger partial charge in [0.25, 0.3) is 11.8 Å². The molecule has 4 N–H and O–H groups in total. The lowest BCUT2D eigenvalue weighted by atomic mass is 10.1. The van der Waals surface area contributed by atoms with Gasteiger partial charge in [-0.3, -0.25) is 15.0 Å². The van der Waals surface area contributed by atoms with Crippen molar-refractivity contribution in [3.63, 3.8) is 0 Å². The van der Waals surface area contributed by atoms with Crippen LogP contribution in [0, 0.1) is 6.92 Å². The zero-order valence-electron chi connectivity index (χ0n) is 13.1. The lowest BCUT2D eigenvalue weighted by molar-refractivity contribution is -0.120. The van der Waals surface area contributed by atoms with Crippen LogP contribution >= 0.6 is 0 Å². The summed E-state index contributed by atoms with van der Waals surface area (Å²) in [6.07, 6.45) is 0. The molecule has 0 bridgehead atoms. The molecule has 0 saturated heterocycles. The zero-order valence-corrected chi connectivity index (χ0v) is 13.1. The van der Waals surface area contributed by atoms with Crippen LogP contribution in [0.4, 0.5) is 10.5 Å². The Morgan fingerprint density at radius 3 is 2.21 bits per heavy atom. The molecule has 0 unspecified atom stereocenters. The van der Waals surface area contributed by atoms with Crippen LogP contribution in [0.5, 0.6) is 0 Å². The molecular weight excluding hydrogens is 308 g/mol. The van der Waals surface area contributed by atoms with E-state index in [4.69, 9.17) is 0 Å². The number of anilines is 1. The van der Waals surface area contributed by atoms with Gasteiger partial charge in [-0.2, -0.15) is 0 Å². The van der Waals surface area contributed by atoms with Gasteiger partial charge in [-0.15, -0.1) is 0 Å². The molecule has 0 aliphatic heterocycles. The van der Waals surface area contributed by atoms with Crippen molar-refractivity contribution in [2.24, 2.45) is 0 Å². The van der Waals surface area contributed by atoms with Crippen molar-refractivity contribution in [2.45, 2.75) is 6.92 Å². The van der Waals surface area contributed by atoms with E-state index in [1.165, 1.54) is 0 Å². The van der Waals surface area contributed by atoms with E-state index in [0.717, 1.165) is 5.56 Å². The van der Waals surface area contributed by atoms with Gasteiger partial charge in [0.1, 0.15) is 0 Å². The minimum Gasteiger partial charge on any atom is -0.343 e. The van der Waals surface area contributed by atoms with Crippen LogP contribution < -0.4 is 21.5 Å². The smallest absolute Gasteiger partial charge is 0.337 e. The Morgan fingerprint density at radius 1 is 0.875 bits per heavy atom. The lowest BCUT2D eigenvalue weighted by Gasteiger charge is -2.09. The summed E-state index contributed by atoms with van der Waals surface area (Å²) in [7, 11) is 0. The molecule has 0 saturated carbocycles. The highest BCUT2D eigenvalue weighted by molar-refractivity contribution is 5.97. The summed E-state index contributed by atoms with van der Waals surface area (Å²) in [6.45, 7) is 1.67. The number of hydrazine groups is 1. The summed E-state index contributed by atoms with van der Waals surface area (Å²) in [5.74, 6) is -0.905. The number of amides is 4. The van der Waals surface area contributed by atoms with Gasteiger partial charge in [0, 0.05) is 11.3 Å². The summed E-state index contributed by atoms with van der Waals surface area (Å²) < 4.78 is 0. The maximum Gasteiger partial charge on any atom is 0.337 e. The van der Waals surface area contributed by atoms with E-state index in [0.29, 0.717) is 11.3 Å². The molecule has 0 spiro atoms. The molecular formula is C17H18N4O3. The molecule has 7 heteroatoms. The number of rotatable bonds is 4. The fourth-order valence-corrected chi connectivity index (χ4v) is 1.82. The zero-order chi connectivity index (χ0) is 17.4. The number of urea groups is 1. The van der Waals surface area contributed by atoms with Gasteiger partial charge < -0.3 is 10.6 Å². The van der Waals surface area contributed by atoms with Crippen LogP contribution in [0.25, 0.3) is 0 Å². The third kappa shape index (κ3) is 5.45. The van der Waals surface area contributed by atoms with Gasteiger partial charge in [-0.25, -0.2) is 10.2 Å². The van der Waals surface area contributed by atoms with Crippen molar-refractivity contribution >= 4 is 23.5 Å². The average Bonchev–Trinajstić information content (AvgIpc) is 2.59. The number of aryl methyl sites for hydroxylation is 1. The molecule has 24 heavy (non-hydrogen) atoms. The Balaban J connectivity index is 1.70. The van der Waals surface area contributed by atoms with Crippen molar-refractivity contribution in [1.82, 2.24) is 16.2 Å². The third-order valence-electron chi connectivity index (χ3n) is 3.07. The molecule has 0 fully saturated rings. The van der Waals surface area contributed by atoms with E-state index in [9.17, 15) is 14.4 Å². The highest BCUT2D eigenvalue weighted by atomic mass is 16.2. The number of hydrogen-bond donors (Lipinski definition) is 4. The fraction of sp³-hybridized carbons (Fsp3) is 0.118. The standard InChI is InChI=1S/C17H18N4O3/c1-12-7-9-13(10-8-12)16(23)18-11-15(22)20-21-17(24)19-14-5-3-2-4-6-14/h2-10H,11H2,1H3,(H,18,23)(H,20,22)(H2,19,21,24). The van der Waals surface area contributed by atoms with Crippen molar-refractivity contribution in [3.8, 4) is 0 Å². The Morgan fingerprint density at radius 2 is 1.54 bits per heavy atom. The van der Waals surface area contributed by atoms with Crippen molar-refractivity contribution in [2.75, 3.05) is 11.9 Å². The summed E-state index contributed by atoms with van der Waals surface area (Å²) in [4.78, 5) is 35.1. The summed E-state index contributed by atoms with van der Waals surface area (Å²) >= 11 is 0. The minimum absolute atomic E-state index is 0.252. The van der Waals surface area contributed by atoms with Gasteiger partial charge in [-0.1, -0.05) is 35.9 Å². The Hall–Kier alpha value is -3.35.